The first-order valence-electron chi connectivity index (χ1n) is 8.74. The molecule has 28 heavy (non-hydrogen) atoms. The third kappa shape index (κ3) is 3.93. The van der Waals surface area contributed by atoms with E-state index in [-0.39, 0.29) is 5.91 Å². The Labute approximate surface area is 171 Å². The number of thiazole rings is 1. The van der Waals surface area contributed by atoms with Crippen molar-refractivity contribution in [3.05, 3.63) is 64.4 Å². The lowest BCUT2D eigenvalue weighted by Crippen LogP contribution is -2.12. The van der Waals surface area contributed by atoms with Crippen molar-refractivity contribution < 1.29 is 4.79 Å². The van der Waals surface area contributed by atoms with Crippen molar-refractivity contribution in [2.75, 3.05) is 5.32 Å². The molecule has 0 aliphatic carbocycles. The number of hydrogen-bond acceptors (Lipinski definition) is 6. The largest absolute Gasteiger partial charge is 0.321 e. The molecule has 0 radical (unpaired) electrons. The fraction of sp³-hybridized carbons (Fsp3) is 0.200. The Bertz CT molecular complexity index is 1150. The SMILES string of the molecule is Cc1csc(SCc2ccc(C(=O)Nc3cnc4c(c3)c(C)nn4C)cc2)n1. The summed E-state index contributed by atoms with van der Waals surface area (Å²) in [7, 11) is 1.86. The molecule has 8 heteroatoms. The molecule has 4 aromatic rings. The van der Waals surface area contributed by atoms with Crippen LogP contribution in [-0.4, -0.2) is 25.7 Å². The number of carbonyl (C=O) groups excluding carboxylic acids is 1. The van der Waals surface area contributed by atoms with Gasteiger partial charge in [0.25, 0.3) is 5.91 Å². The number of nitrogens with one attached hydrogen (secondary N) is 1. The highest BCUT2D eigenvalue weighted by molar-refractivity contribution is 8.00. The van der Waals surface area contributed by atoms with E-state index in [0.717, 1.165) is 38.1 Å². The molecule has 0 saturated carbocycles. The van der Waals surface area contributed by atoms with Gasteiger partial charge in [0.15, 0.2) is 5.65 Å². The molecule has 0 aliphatic heterocycles. The molecule has 1 aromatic carbocycles. The third-order valence-corrected chi connectivity index (χ3v) is 6.51. The Morgan fingerprint density at radius 3 is 2.75 bits per heavy atom. The average molecular weight is 410 g/mol. The van der Waals surface area contributed by atoms with Gasteiger partial charge in [-0.15, -0.1) is 11.3 Å². The Morgan fingerprint density at radius 1 is 1.25 bits per heavy atom. The van der Waals surface area contributed by atoms with Gasteiger partial charge in [0.2, 0.25) is 0 Å². The van der Waals surface area contributed by atoms with Crippen LogP contribution in [0.1, 0.15) is 27.3 Å². The van der Waals surface area contributed by atoms with Gasteiger partial charge in [-0.25, -0.2) is 9.97 Å². The number of carbonyl (C=O) groups is 1. The number of thioether (sulfide) groups is 1. The molecule has 3 aromatic heterocycles. The van der Waals surface area contributed by atoms with Crippen LogP contribution in [0.5, 0.6) is 0 Å². The number of hydrogen-bond donors (Lipinski definition) is 1. The number of benzene rings is 1. The van der Waals surface area contributed by atoms with Crippen LogP contribution in [0.25, 0.3) is 11.0 Å². The van der Waals surface area contributed by atoms with Gasteiger partial charge in [0.1, 0.15) is 4.34 Å². The average Bonchev–Trinajstić information content (AvgIpc) is 3.23. The van der Waals surface area contributed by atoms with Crippen LogP contribution in [0.3, 0.4) is 0 Å². The highest BCUT2D eigenvalue weighted by Crippen LogP contribution is 2.26. The summed E-state index contributed by atoms with van der Waals surface area (Å²) < 4.78 is 2.80. The summed E-state index contributed by atoms with van der Waals surface area (Å²) in [5.41, 5.74) is 5.16. The number of rotatable bonds is 5. The number of fused-ring (bicyclic) bond motifs is 1. The Kier molecular flexibility index (Phi) is 5.15. The fourth-order valence-corrected chi connectivity index (χ4v) is 4.68. The summed E-state index contributed by atoms with van der Waals surface area (Å²) in [6.45, 7) is 3.93. The number of aryl methyl sites for hydroxylation is 3. The zero-order chi connectivity index (χ0) is 19.7. The van der Waals surface area contributed by atoms with Gasteiger partial charge in [0.05, 0.1) is 17.6 Å². The van der Waals surface area contributed by atoms with Crippen LogP contribution < -0.4 is 5.32 Å². The molecule has 0 atom stereocenters. The first-order chi connectivity index (χ1) is 13.5. The summed E-state index contributed by atoms with van der Waals surface area (Å²) in [6.07, 6.45) is 1.66. The molecule has 1 amide bonds. The van der Waals surface area contributed by atoms with Crippen molar-refractivity contribution in [2.45, 2.75) is 23.9 Å². The summed E-state index contributed by atoms with van der Waals surface area (Å²) in [5.74, 6) is 0.674. The Morgan fingerprint density at radius 2 is 2.04 bits per heavy atom. The van der Waals surface area contributed by atoms with Crippen molar-refractivity contribution in [3.63, 3.8) is 0 Å². The van der Waals surface area contributed by atoms with Crippen molar-refractivity contribution >= 4 is 45.7 Å². The van der Waals surface area contributed by atoms with Gasteiger partial charge >= 0.3 is 0 Å². The van der Waals surface area contributed by atoms with E-state index >= 15 is 0 Å². The van der Waals surface area contributed by atoms with E-state index in [1.807, 2.05) is 51.2 Å². The van der Waals surface area contributed by atoms with Crippen molar-refractivity contribution in [1.29, 1.82) is 0 Å². The van der Waals surface area contributed by atoms with E-state index in [1.54, 1.807) is 34.0 Å². The van der Waals surface area contributed by atoms with Gasteiger partial charge < -0.3 is 5.32 Å². The van der Waals surface area contributed by atoms with Crippen LogP contribution in [0.4, 0.5) is 5.69 Å². The van der Waals surface area contributed by atoms with E-state index in [1.165, 1.54) is 0 Å². The maximum absolute atomic E-state index is 12.6. The number of amides is 1. The number of nitrogens with zero attached hydrogens (tertiary/aromatic N) is 4. The molecule has 142 valence electrons. The normalized spacial score (nSPS) is 11.1. The monoisotopic (exact) mass is 409 g/mol. The first-order valence-corrected chi connectivity index (χ1v) is 10.6. The summed E-state index contributed by atoms with van der Waals surface area (Å²) in [4.78, 5) is 21.4. The lowest BCUT2D eigenvalue weighted by atomic mass is 10.1. The summed E-state index contributed by atoms with van der Waals surface area (Å²) >= 11 is 3.36. The van der Waals surface area contributed by atoms with E-state index in [0.29, 0.717) is 11.3 Å². The number of aromatic nitrogens is 4. The van der Waals surface area contributed by atoms with Gasteiger partial charge in [-0.1, -0.05) is 23.9 Å². The maximum atomic E-state index is 12.6. The molecule has 0 saturated heterocycles. The Hall–Kier alpha value is -2.71. The molecule has 6 nitrogen and oxygen atoms in total. The van der Waals surface area contributed by atoms with Crippen molar-refractivity contribution in [2.24, 2.45) is 7.05 Å². The minimum absolute atomic E-state index is 0.155. The predicted molar refractivity (Wildman–Crippen MR) is 114 cm³/mol. The van der Waals surface area contributed by atoms with Gasteiger partial charge in [-0.05, 0) is 37.6 Å². The smallest absolute Gasteiger partial charge is 0.255 e. The highest BCUT2D eigenvalue weighted by Gasteiger charge is 2.10. The minimum atomic E-state index is -0.155. The molecule has 1 N–H and O–H groups in total. The lowest BCUT2D eigenvalue weighted by molar-refractivity contribution is 0.102. The second-order valence-electron chi connectivity index (χ2n) is 6.50. The maximum Gasteiger partial charge on any atom is 0.255 e. The fourth-order valence-electron chi connectivity index (χ4n) is 2.88. The molecular weight excluding hydrogens is 390 g/mol. The number of pyridine rings is 1. The van der Waals surface area contributed by atoms with Gasteiger partial charge in [-0.3, -0.25) is 9.48 Å². The predicted octanol–water partition coefficient (Wildman–Crippen LogP) is 4.59. The second-order valence-corrected chi connectivity index (χ2v) is 8.58. The molecule has 4 rings (SSSR count). The van der Waals surface area contributed by atoms with E-state index in [4.69, 9.17) is 0 Å². The van der Waals surface area contributed by atoms with Crippen molar-refractivity contribution in [3.8, 4) is 0 Å². The van der Waals surface area contributed by atoms with Crippen LogP contribution in [0.2, 0.25) is 0 Å². The van der Waals surface area contributed by atoms with Gasteiger partial charge in [0, 0.05) is 34.8 Å². The first kappa shape index (κ1) is 18.6. The molecule has 3 heterocycles. The van der Waals surface area contributed by atoms with E-state index in [9.17, 15) is 4.79 Å². The highest BCUT2D eigenvalue weighted by atomic mass is 32.2. The topological polar surface area (TPSA) is 72.7 Å². The zero-order valence-corrected chi connectivity index (χ0v) is 17.4. The number of anilines is 1. The quantitative estimate of drug-likeness (QED) is 0.488. The molecule has 0 unspecified atom stereocenters. The van der Waals surface area contributed by atoms with Crippen LogP contribution >= 0.6 is 23.1 Å². The zero-order valence-electron chi connectivity index (χ0n) is 15.8. The van der Waals surface area contributed by atoms with Crippen LogP contribution in [0.15, 0.2) is 46.2 Å². The van der Waals surface area contributed by atoms with Crippen LogP contribution in [0, 0.1) is 13.8 Å². The van der Waals surface area contributed by atoms with E-state index < -0.39 is 0 Å². The summed E-state index contributed by atoms with van der Waals surface area (Å²) in [5, 5.41) is 10.3. The van der Waals surface area contributed by atoms with Crippen LogP contribution in [-0.2, 0) is 12.8 Å². The molecule has 0 bridgehead atoms. The molecule has 0 spiro atoms. The van der Waals surface area contributed by atoms with E-state index in [2.05, 4.69) is 25.8 Å². The standard InChI is InChI=1S/C20H19N5OS2/c1-12-10-27-20(22-12)28-11-14-4-6-15(7-5-14)19(26)23-16-8-17-13(2)24-25(3)18(17)21-9-16/h4-10H,11H2,1-3H3,(H,23,26). The van der Waals surface area contributed by atoms with Gasteiger partial charge in [-0.2, -0.15) is 5.10 Å². The third-order valence-electron chi connectivity index (χ3n) is 4.30. The second kappa shape index (κ2) is 7.73. The van der Waals surface area contributed by atoms with Crippen molar-refractivity contribution in [1.82, 2.24) is 19.7 Å². The Balaban J connectivity index is 1.42. The minimum Gasteiger partial charge on any atom is -0.321 e. The molecule has 0 aliphatic rings. The lowest BCUT2D eigenvalue weighted by Gasteiger charge is -2.06. The molecule has 0 fully saturated rings. The molecular formula is C20H19N5OS2. The summed E-state index contributed by atoms with van der Waals surface area (Å²) in [6, 6.07) is 9.56.